The van der Waals surface area contributed by atoms with Crippen LogP contribution in [0.4, 0.5) is 0 Å². The minimum absolute atomic E-state index is 0.106. The van der Waals surface area contributed by atoms with E-state index in [1.807, 2.05) is 13.8 Å². The highest BCUT2D eigenvalue weighted by molar-refractivity contribution is 5.73. The largest absolute Gasteiger partial charge is 0.463 e. The third-order valence-electron chi connectivity index (χ3n) is 2.32. The third-order valence-corrected chi connectivity index (χ3v) is 2.32. The van der Waals surface area contributed by atoms with Crippen LogP contribution in [0.25, 0.3) is 0 Å². The molecule has 0 radical (unpaired) electrons. The first-order valence-electron chi connectivity index (χ1n) is 5.82. The first kappa shape index (κ1) is 15.4. The Labute approximate surface area is 98.3 Å². The minimum atomic E-state index is -0.516. The molecular formula is C12H24O4. The van der Waals surface area contributed by atoms with Gasteiger partial charge in [0.15, 0.2) is 6.29 Å². The molecule has 4 nitrogen and oxygen atoms in total. The molecule has 16 heavy (non-hydrogen) atoms. The van der Waals surface area contributed by atoms with Gasteiger partial charge in [-0.2, -0.15) is 0 Å². The number of methoxy groups -OCH3 is 2. The number of carbonyl (C=O) groups is 1. The highest BCUT2D eigenvalue weighted by Gasteiger charge is 2.29. The fraction of sp³-hybridized carbons (Fsp3) is 0.917. The fourth-order valence-corrected chi connectivity index (χ4v) is 1.53. The molecule has 0 fully saturated rings. The van der Waals surface area contributed by atoms with Gasteiger partial charge >= 0.3 is 5.97 Å². The molecule has 0 N–H and O–H groups in total. The normalized spacial score (nSPS) is 13.2. The van der Waals surface area contributed by atoms with Crippen molar-refractivity contribution in [3.63, 3.8) is 0 Å². The maximum Gasteiger partial charge on any atom is 0.314 e. The summed E-state index contributed by atoms with van der Waals surface area (Å²) in [5, 5.41) is 0. The molecular weight excluding hydrogens is 208 g/mol. The zero-order valence-electron chi connectivity index (χ0n) is 11.0. The second kappa shape index (κ2) is 8.53. The van der Waals surface area contributed by atoms with Crippen molar-refractivity contribution >= 4 is 5.97 Å². The van der Waals surface area contributed by atoms with Crippen LogP contribution in [0.5, 0.6) is 0 Å². The number of unbranched alkanes of at least 4 members (excludes halogenated alkanes) is 1. The molecule has 4 heteroatoms. The van der Waals surface area contributed by atoms with E-state index >= 15 is 0 Å². The van der Waals surface area contributed by atoms with Gasteiger partial charge in [0.1, 0.15) is 5.92 Å². The molecule has 0 aromatic carbocycles. The van der Waals surface area contributed by atoms with Crippen molar-refractivity contribution in [1.29, 1.82) is 0 Å². The predicted octanol–water partition coefficient (Wildman–Crippen LogP) is 2.36. The van der Waals surface area contributed by atoms with E-state index in [-0.39, 0.29) is 18.0 Å². The Kier molecular flexibility index (Phi) is 8.21. The molecule has 1 unspecified atom stereocenters. The van der Waals surface area contributed by atoms with E-state index in [0.29, 0.717) is 0 Å². The smallest absolute Gasteiger partial charge is 0.314 e. The first-order valence-corrected chi connectivity index (χ1v) is 5.82. The first-order chi connectivity index (χ1) is 7.56. The molecule has 0 aliphatic heterocycles. The van der Waals surface area contributed by atoms with Gasteiger partial charge < -0.3 is 14.2 Å². The van der Waals surface area contributed by atoms with E-state index in [1.54, 1.807) is 0 Å². The van der Waals surface area contributed by atoms with Crippen LogP contribution in [0.15, 0.2) is 0 Å². The second-order valence-electron chi connectivity index (χ2n) is 4.07. The lowest BCUT2D eigenvalue weighted by Gasteiger charge is -2.24. The monoisotopic (exact) mass is 232 g/mol. The second-order valence-corrected chi connectivity index (χ2v) is 4.07. The van der Waals surface area contributed by atoms with Gasteiger partial charge in [0.05, 0.1) is 6.10 Å². The molecule has 0 saturated carbocycles. The van der Waals surface area contributed by atoms with E-state index in [9.17, 15) is 4.79 Å². The number of hydrogen-bond acceptors (Lipinski definition) is 4. The molecule has 0 saturated heterocycles. The number of hydrogen-bond donors (Lipinski definition) is 0. The van der Waals surface area contributed by atoms with Gasteiger partial charge in [-0.1, -0.05) is 19.8 Å². The Morgan fingerprint density at radius 2 is 1.75 bits per heavy atom. The summed E-state index contributed by atoms with van der Waals surface area (Å²) in [6.45, 7) is 5.76. The van der Waals surface area contributed by atoms with Gasteiger partial charge in [-0.05, 0) is 20.3 Å². The molecule has 0 spiro atoms. The number of esters is 1. The molecule has 0 bridgehead atoms. The molecule has 0 aromatic heterocycles. The van der Waals surface area contributed by atoms with E-state index in [2.05, 4.69) is 6.92 Å². The molecule has 96 valence electrons. The number of carbonyl (C=O) groups excluding carboxylic acids is 1. The van der Waals surface area contributed by atoms with Crippen molar-refractivity contribution in [2.24, 2.45) is 5.92 Å². The van der Waals surface area contributed by atoms with Crippen LogP contribution in [0.3, 0.4) is 0 Å². The Balaban J connectivity index is 4.44. The summed E-state index contributed by atoms with van der Waals surface area (Å²) in [5.41, 5.74) is 0. The van der Waals surface area contributed by atoms with E-state index in [4.69, 9.17) is 14.2 Å². The van der Waals surface area contributed by atoms with Crippen molar-refractivity contribution in [2.75, 3.05) is 14.2 Å². The van der Waals surface area contributed by atoms with Crippen LogP contribution in [-0.4, -0.2) is 32.6 Å². The summed E-state index contributed by atoms with van der Waals surface area (Å²) in [4.78, 5) is 11.8. The fourth-order valence-electron chi connectivity index (χ4n) is 1.53. The van der Waals surface area contributed by atoms with E-state index in [0.717, 1.165) is 19.3 Å². The Bertz CT molecular complexity index is 187. The topological polar surface area (TPSA) is 44.8 Å². The lowest BCUT2D eigenvalue weighted by Crippen LogP contribution is -2.34. The van der Waals surface area contributed by atoms with Gasteiger partial charge in [-0.3, -0.25) is 4.79 Å². The number of ether oxygens (including phenoxy) is 3. The predicted molar refractivity (Wildman–Crippen MR) is 62.0 cm³/mol. The molecule has 0 aliphatic carbocycles. The summed E-state index contributed by atoms with van der Waals surface area (Å²) in [6.07, 6.45) is 2.10. The van der Waals surface area contributed by atoms with Gasteiger partial charge in [0.2, 0.25) is 0 Å². The molecule has 0 amide bonds. The molecule has 1 atom stereocenters. The maximum absolute atomic E-state index is 11.8. The van der Waals surface area contributed by atoms with Crippen molar-refractivity contribution < 1.29 is 19.0 Å². The van der Waals surface area contributed by atoms with Crippen LogP contribution >= 0.6 is 0 Å². The van der Waals surface area contributed by atoms with Crippen LogP contribution in [0.1, 0.15) is 40.0 Å². The SMILES string of the molecule is CCCCC(C(=O)OC(C)C)C(OC)OC. The average molecular weight is 232 g/mol. The quantitative estimate of drug-likeness (QED) is 0.476. The lowest BCUT2D eigenvalue weighted by atomic mass is 10.0. The van der Waals surface area contributed by atoms with Crippen LogP contribution < -0.4 is 0 Å². The van der Waals surface area contributed by atoms with E-state index < -0.39 is 6.29 Å². The Morgan fingerprint density at radius 3 is 2.12 bits per heavy atom. The van der Waals surface area contributed by atoms with Crippen LogP contribution in [0.2, 0.25) is 0 Å². The summed E-state index contributed by atoms with van der Waals surface area (Å²) in [7, 11) is 3.07. The summed E-state index contributed by atoms with van der Waals surface area (Å²) in [5.74, 6) is -0.575. The lowest BCUT2D eigenvalue weighted by molar-refractivity contribution is -0.180. The molecule has 0 heterocycles. The molecule has 0 aliphatic rings. The standard InChI is InChI=1S/C12H24O4/c1-6-7-8-10(12(14-4)15-5)11(13)16-9(2)3/h9-10,12H,6-8H2,1-5H3. The third kappa shape index (κ3) is 5.47. The van der Waals surface area contributed by atoms with Gasteiger partial charge in [-0.15, -0.1) is 0 Å². The average Bonchev–Trinajstić information content (AvgIpc) is 2.23. The summed E-state index contributed by atoms with van der Waals surface area (Å²) >= 11 is 0. The van der Waals surface area contributed by atoms with Gasteiger partial charge in [0, 0.05) is 14.2 Å². The van der Waals surface area contributed by atoms with Crippen molar-refractivity contribution in [1.82, 2.24) is 0 Å². The molecule has 0 rings (SSSR count). The van der Waals surface area contributed by atoms with Crippen LogP contribution in [0, 0.1) is 5.92 Å². The Morgan fingerprint density at radius 1 is 1.19 bits per heavy atom. The van der Waals surface area contributed by atoms with Crippen LogP contribution in [-0.2, 0) is 19.0 Å². The zero-order chi connectivity index (χ0) is 12.6. The maximum atomic E-state index is 11.8. The highest BCUT2D eigenvalue weighted by Crippen LogP contribution is 2.18. The Hall–Kier alpha value is -0.610. The minimum Gasteiger partial charge on any atom is -0.463 e. The highest BCUT2D eigenvalue weighted by atomic mass is 16.7. The van der Waals surface area contributed by atoms with Gasteiger partial charge in [0.25, 0.3) is 0 Å². The van der Waals surface area contributed by atoms with Crippen molar-refractivity contribution in [3.05, 3.63) is 0 Å². The van der Waals surface area contributed by atoms with Crippen molar-refractivity contribution in [3.8, 4) is 0 Å². The van der Waals surface area contributed by atoms with Gasteiger partial charge in [-0.25, -0.2) is 0 Å². The van der Waals surface area contributed by atoms with E-state index in [1.165, 1.54) is 14.2 Å². The summed E-state index contributed by atoms with van der Waals surface area (Å²) in [6, 6.07) is 0. The summed E-state index contributed by atoms with van der Waals surface area (Å²) < 4.78 is 15.5. The number of rotatable bonds is 8. The molecule has 0 aromatic rings. The zero-order valence-corrected chi connectivity index (χ0v) is 11.0. The van der Waals surface area contributed by atoms with Crippen molar-refractivity contribution in [2.45, 2.75) is 52.4 Å².